The molecule has 0 heterocycles. The molecule has 0 saturated heterocycles. The van der Waals surface area contributed by atoms with Crippen LogP contribution in [0.3, 0.4) is 0 Å². The highest BCUT2D eigenvalue weighted by Gasteiger charge is 2.13. The molecular weight excluding hydrogens is 443 g/mol. The molecule has 1 atom stereocenters. The van der Waals surface area contributed by atoms with Crippen LogP contribution in [-0.2, 0) is 11.4 Å². The number of hydrogen-bond acceptors (Lipinski definition) is 5. The largest absolute Gasteiger partial charge is 0.493 e. The second-order valence-electron chi connectivity index (χ2n) is 5.65. The summed E-state index contributed by atoms with van der Waals surface area (Å²) in [7, 11) is 1.62. The summed E-state index contributed by atoms with van der Waals surface area (Å²) < 4.78 is 12.3. The van der Waals surface area contributed by atoms with Gasteiger partial charge >= 0.3 is 0 Å². The number of ether oxygens (including phenoxy) is 2. The van der Waals surface area contributed by atoms with Crippen LogP contribution in [0.2, 0.25) is 0 Å². The fourth-order valence-electron chi connectivity index (χ4n) is 2.17. The predicted molar refractivity (Wildman–Crippen MR) is 110 cm³/mol. The van der Waals surface area contributed by atoms with E-state index >= 15 is 0 Å². The first-order chi connectivity index (χ1) is 12.6. The Labute approximate surface area is 167 Å². The van der Waals surface area contributed by atoms with E-state index in [0.717, 1.165) is 26.9 Å². The van der Waals surface area contributed by atoms with Crippen LogP contribution in [-0.4, -0.2) is 19.4 Å². The lowest BCUT2D eigenvalue weighted by Gasteiger charge is -2.17. The quantitative estimate of drug-likeness (QED) is 0.317. The molecule has 5 nitrogen and oxygen atoms in total. The van der Waals surface area contributed by atoms with Gasteiger partial charge in [-0.05, 0) is 54.1 Å². The fourth-order valence-corrected chi connectivity index (χ4v) is 2.93. The molecular formula is C20H21IN2O3. The molecule has 0 spiro atoms. The summed E-state index contributed by atoms with van der Waals surface area (Å²) in [6.45, 7) is 4.34. The molecule has 26 heavy (non-hydrogen) atoms. The van der Waals surface area contributed by atoms with Gasteiger partial charge in [0.15, 0.2) is 11.5 Å². The molecule has 0 saturated carbocycles. The first kappa shape index (κ1) is 20.0. The van der Waals surface area contributed by atoms with Gasteiger partial charge in [-0.15, -0.1) is 0 Å². The molecule has 136 valence electrons. The van der Waals surface area contributed by atoms with Gasteiger partial charge in [-0.2, -0.15) is 5.26 Å². The Balaban J connectivity index is 2.08. The van der Waals surface area contributed by atoms with Crippen molar-refractivity contribution in [2.24, 2.45) is 5.16 Å². The summed E-state index contributed by atoms with van der Waals surface area (Å²) >= 11 is 2.22. The van der Waals surface area contributed by atoms with Crippen molar-refractivity contribution in [2.75, 3.05) is 7.11 Å². The van der Waals surface area contributed by atoms with Gasteiger partial charge in [0.05, 0.1) is 34.6 Å². The third kappa shape index (κ3) is 5.36. The van der Waals surface area contributed by atoms with E-state index in [9.17, 15) is 0 Å². The van der Waals surface area contributed by atoms with E-state index in [4.69, 9.17) is 19.6 Å². The molecule has 0 aliphatic heterocycles. The van der Waals surface area contributed by atoms with Crippen molar-refractivity contribution >= 4 is 28.8 Å². The van der Waals surface area contributed by atoms with Gasteiger partial charge < -0.3 is 14.3 Å². The SMILES string of the molecule is CC[C@H](C)Oc1c(I)cc(/C=N\OCc2ccccc2C#N)cc1OC. The van der Waals surface area contributed by atoms with Crippen LogP contribution < -0.4 is 9.47 Å². The van der Waals surface area contributed by atoms with E-state index in [-0.39, 0.29) is 12.7 Å². The number of rotatable bonds is 8. The van der Waals surface area contributed by atoms with Crippen LogP contribution in [0.1, 0.15) is 37.0 Å². The maximum absolute atomic E-state index is 9.08. The molecule has 2 aromatic carbocycles. The van der Waals surface area contributed by atoms with E-state index in [0.29, 0.717) is 11.3 Å². The average molecular weight is 464 g/mol. The van der Waals surface area contributed by atoms with Crippen molar-refractivity contribution in [1.29, 1.82) is 5.26 Å². The first-order valence-electron chi connectivity index (χ1n) is 8.26. The molecule has 2 aromatic rings. The number of benzene rings is 2. The second kappa shape index (κ2) is 10.0. The lowest BCUT2D eigenvalue weighted by Crippen LogP contribution is -2.11. The van der Waals surface area contributed by atoms with E-state index in [2.05, 4.69) is 40.7 Å². The molecule has 6 heteroatoms. The van der Waals surface area contributed by atoms with Gasteiger partial charge in [0.2, 0.25) is 0 Å². The van der Waals surface area contributed by atoms with Crippen LogP contribution in [0.5, 0.6) is 11.5 Å². The van der Waals surface area contributed by atoms with Crippen LogP contribution >= 0.6 is 22.6 Å². The minimum absolute atomic E-state index is 0.112. The highest BCUT2D eigenvalue weighted by atomic mass is 127. The molecule has 0 aliphatic rings. The van der Waals surface area contributed by atoms with Crippen LogP contribution in [0.15, 0.2) is 41.6 Å². The smallest absolute Gasteiger partial charge is 0.174 e. The normalized spacial score (nSPS) is 11.8. The van der Waals surface area contributed by atoms with Gasteiger partial charge in [0.25, 0.3) is 0 Å². The number of hydrogen-bond donors (Lipinski definition) is 0. The Morgan fingerprint density at radius 2 is 2.08 bits per heavy atom. The van der Waals surface area contributed by atoms with Crippen molar-refractivity contribution in [2.45, 2.75) is 33.0 Å². The van der Waals surface area contributed by atoms with Crippen molar-refractivity contribution in [3.63, 3.8) is 0 Å². The zero-order chi connectivity index (χ0) is 18.9. The Hall–Kier alpha value is -2.27. The standard InChI is InChI=1S/C20H21IN2O3/c1-4-14(2)26-20-18(21)9-15(10-19(20)24-3)12-23-25-13-17-8-6-5-7-16(17)11-22/h5-10,12,14H,4,13H2,1-3H3/b23-12-/t14-/m0/s1. The Kier molecular flexibility index (Phi) is 7.73. The molecule has 2 rings (SSSR count). The van der Waals surface area contributed by atoms with Gasteiger partial charge in [-0.1, -0.05) is 30.3 Å². The van der Waals surface area contributed by atoms with Crippen LogP contribution in [0.4, 0.5) is 0 Å². The third-order valence-electron chi connectivity index (χ3n) is 3.78. The highest BCUT2D eigenvalue weighted by molar-refractivity contribution is 14.1. The second-order valence-corrected chi connectivity index (χ2v) is 6.81. The van der Waals surface area contributed by atoms with Gasteiger partial charge in [0.1, 0.15) is 6.61 Å². The molecule has 0 aliphatic carbocycles. The first-order valence-corrected chi connectivity index (χ1v) is 9.34. The molecule has 0 unspecified atom stereocenters. The summed E-state index contributed by atoms with van der Waals surface area (Å²) in [6, 6.07) is 13.2. The average Bonchev–Trinajstić information content (AvgIpc) is 2.67. The van der Waals surface area contributed by atoms with Crippen molar-refractivity contribution in [3.05, 3.63) is 56.7 Å². The van der Waals surface area contributed by atoms with Crippen molar-refractivity contribution in [1.82, 2.24) is 0 Å². The minimum Gasteiger partial charge on any atom is -0.493 e. The number of oxime groups is 1. The number of methoxy groups -OCH3 is 1. The van der Waals surface area contributed by atoms with Crippen molar-refractivity contribution in [3.8, 4) is 17.6 Å². The molecule has 0 N–H and O–H groups in total. The van der Waals surface area contributed by atoms with E-state index < -0.39 is 0 Å². The summed E-state index contributed by atoms with van der Waals surface area (Å²) in [5.74, 6) is 1.40. The zero-order valence-electron chi connectivity index (χ0n) is 15.0. The zero-order valence-corrected chi connectivity index (χ0v) is 17.2. The van der Waals surface area contributed by atoms with E-state index in [1.807, 2.05) is 37.3 Å². The summed E-state index contributed by atoms with van der Waals surface area (Å²) in [4.78, 5) is 5.34. The molecule has 0 radical (unpaired) electrons. The van der Waals surface area contributed by atoms with E-state index in [1.54, 1.807) is 19.4 Å². The Morgan fingerprint density at radius 3 is 2.77 bits per heavy atom. The summed E-state index contributed by atoms with van der Waals surface area (Å²) in [5.41, 5.74) is 2.23. The molecule has 0 fully saturated rings. The van der Waals surface area contributed by atoms with E-state index in [1.165, 1.54) is 0 Å². The molecule has 0 amide bonds. The highest BCUT2D eigenvalue weighted by Crippen LogP contribution is 2.34. The lowest BCUT2D eigenvalue weighted by molar-refractivity contribution is 0.132. The third-order valence-corrected chi connectivity index (χ3v) is 4.58. The van der Waals surface area contributed by atoms with Gasteiger partial charge in [0, 0.05) is 11.1 Å². The van der Waals surface area contributed by atoms with Crippen LogP contribution in [0.25, 0.3) is 0 Å². The maximum Gasteiger partial charge on any atom is 0.174 e. The summed E-state index contributed by atoms with van der Waals surface area (Å²) in [6.07, 6.45) is 2.65. The number of nitriles is 1. The lowest BCUT2D eigenvalue weighted by atomic mass is 10.1. The number of nitrogens with zero attached hydrogens (tertiary/aromatic N) is 2. The van der Waals surface area contributed by atoms with Crippen LogP contribution in [0, 0.1) is 14.9 Å². The minimum atomic E-state index is 0.112. The Bertz CT molecular complexity index is 815. The molecule has 0 bridgehead atoms. The predicted octanol–water partition coefficient (Wildman–Crippen LogP) is 4.90. The molecule has 0 aromatic heterocycles. The fraction of sp³-hybridized carbons (Fsp3) is 0.300. The topological polar surface area (TPSA) is 63.8 Å². The maximum atomic E-state index is 9.08. The number of halogens is 1. The van der Waals surface area contributed by atoms with Gasteiger partial charge in [-0.3, -0.25) is 0 Å². The van der Waals surface area contributed by atoms with Gasteiger partial charge in [-0.25, -0.2) is 0 Å². The van der Waals surface area contributed by atoms with Crippen molar-refractivity contribution < 1.29 is 14.3 Å². The monoisotopic (exact) mass is 464 g/mol. The summed E-state index contributed by atoms with van der Waals surface area (Å²) in [5, 5.41) is 13.1. The Morgan fingerprint density at radius 1 is 1.31 bits per heavy atom.